The van der Waals surface area contributed by atoms with Gasteiger partial charge in [-0.1, -0.05) is 152 Å². The first-order valence-electron chi connectivity index (χ1n) is 29.2. The Labute approximate surface area is 505 Å². The van der Waals surface area contributed by atoms with Crippen LogP contribution >= 0.6 is 0 Å². The van der Waals surface area contributed by atoms with Crippen LogP contribution in [0.15, 0.2) is 258 Å². The van der Waals surface area contributed by atoms with Crippen molar-refractivity contribution in [2.24, 2.45) is 0 Å². The fourth-order valence-corrected chi connectivity index (χ4v) is 15.0. The van der Waals surface area contributed by atoms with Crippen molar-refractivity contribution >= 4 is 121 Å². The number of anilines is 6. The summed E-state index contributed by atoms with van der Waals surface area (Å²) in [6, 6.07) is 74.1. The predicted molar refractivity (Wildman–Crippen MR) is 340 cm³/mol. The van der Waals surface area contributed by atoms with Crippen molar-refractivity contribution in [3.8, 4) is 16.8 Å². The van der Waals surface area contributed by atoms with Crippen molar-refractivity contribution in [2.75, 3.05) is 9.80 Å². The molecule has 1 spiro atoms. The van der Waals surface area contributed by atoms with E-state index in [1.807, 2.05) is 70.5 Å². The van der Waals surface area contributed by atoms with Crippen LogP contribution in [0.3, 0.4) is 0 Å². The lowest BCUT2D eigenvalue weighted by molar-refractivity contribution is -0.137. The SMILES string of the molecule is Fc1ccc(N(c2cc3c(c4ccccc24)-c2c(cc(N(c4ccc(F)cc4)c4cccc5c4oc4c(C(F)(F)F)cccc45)c4ccccc24)C32c3ccccc3-n3c4ccccc4c4cccc2c43)c2cccc3c2oc2c(C(F)(F)F)cccc23)cc1. The second kappa shape index (κ2) is 18.4. The average Bonchev–Trinajstić information content (AvgIpc) is 1.47. The highest BCUT2D eigenvalue weighted by Gasteiger charge is 2.53. The van der Waals surface area contributed by atoms with Gasteiger partial charge in [0, 0.05) is 54.5 Å². The fourth-order valence-electron chi connectivity index (χ4n) is 15.0. The summed E-state index contributed by atoms with van der Waals surface area (Å²) >= 11 is 0. The number of fused-ring (bicyclic) bond motifs is 22. The molecule has 0 N–H and O–H groups in total. The minimum Gasteiger partial charge on any atom is -0.453 e. The van der Waals surface area contributed by atoms with E-state index in [1.165, 1.54) is 36.4 Å². The summed E-state index contributed by atoms with van der Waals surface area (Å²) < 4.78 is 136. The minimum absolute atomic E-state index is 0.180. The normalized spacial score (nSPS) is 13.4. The maximum atomic E-state index is 15.4. The maximum Gasteiger partial charge on any atom is 0.420 e. The Balaban J connectivity index is 1.01. The zero-order valence-corrected chi connectivity index (χ0v) is 46.9. The average molecular weight is 1190 g/mol. The fraction of sp³-hybridized carbons (Fsp3) is 0.0390. The van der Waals surface area contributed by atoms with E-state index in [1.54, 1.807) is 72.8 Å². The van der Waals surface area contributed by atoms with E-state index in [0.717, 1.165) is 94.6 Å². The molecule has 18 rings (SSSR count). The van der Waals surface area contributed by atoms with Crippen LogP contribution in [0.5, 0.6) is 0 Å². The quantitative estimate of drug-likeness (QED) is 0.156. The van der Waals surface area contributed by atoms with Gasteiger partial charge in [-0.2, -0.15) is 26.3 Å². The molecular weight excluding hydrogens is 1150 g/mol. The highest BCUT2D eigenvalue weighted by atomic mass is 19.4. The smallest absolute Gasteiger partial charge is 0.420 e. The van der Waals surface area contributed by atoms with Gasteiger partial charge in [-0.15, -0.1) is 0 Å². The number of rotatable bonds is 6. The van der Waals surface area contributed by atoms with Crippen LogP contribution in [0.1, 0.15) is 33.4 Å². The predicted octanol–water partition coefficient (Wildman–Crippen LogP) is 22.8. The standard InChI is InChI=1S/C77H41F8N3O2/c78-42-32-36-44(37-33-42)86(64-30-12-22-54-52-20-10-26-58(76(80,81)82)71(52)89-73(54)64)66-40-60-68(49-17-3-1-14-46(49)66)69-50-18-4-2-15-47(50)67(41-61(69)75(60)56-24-6-8-29-63(56)88-62-28-7-5-16-48(62)51-19-9-25-57(75)70(51)88)87(45-38-34-43(79)35-39-45)65-31-13-23-55-53-21-11-27-59(77(83,84)85)72(53)90-74(55)65/h1-41H. The highest BCUT2D eigenvalue weighted by Crippen LogP contribution is 2.66. The number of alkyl halides is 6. The molecule has 13 heteroatoms. The zero-order valence-electron chi connectivity index (χ0n) is 46.9. The second-order valence-electron chi connectivity index (χ2n) is 23.0. The summed E-state index contributed by atoms with van der Waals surface area (Å²) in [6.45, 7) is 0. The molecule has 0 fully saturated rings. The third-order valence-corrected chi connectivity index (χ3v) is 18.5. The van der Waals surface area contributed by atoms with E-state index in [0.29, 0.717) is 44.9 Å². The van der Waals surface area contributed by atoms with Crippen LogP contribution < -0.4 is 9.80 Å². The van der Waals surface area contributed by atoms with Gasteiger partial charge in [0.1, 0.15) is 22.8 Å². The summed E-state index contributed by atoms with van der Waals surface area (Å²) in [5.74, 6) is -0.989. The van der Waals surface area contributed by atoms with Crippen LogP contribution in [0.2, 0.25) is 0 Å². The molecule has 5 nitrogen and oxygen atoms in total. The molecule has 0 bridgehead atoms. The summed E-state index contributed by atoms with van der Waals surface area (Å²) in [7, 11) is 0. The molecule has 0 amide bonds. The van der Waals surface area contributed by atoms with E-state index in [-0.39, 0.29) is 33.1 Å². The van der Waals surface area contributed by atoms with Gasteiger partial charge in [-0.05, 0) is 141 Å². The Morgan fingerprint density at radius 1 is 0.322 bits per heavy atom. The number of aromatic nitrogens is 1. The maximum absolute atomic E-state index is 15.4. The number of halogens is 8. The summed E-state index contributed by atoms with van der Waals surface area (Å²) in [6.07, 6.45) is -9.48. The third-order valence-electron chi connectivity index (χ3n) is 18.5. The van der Waals surface area contributed by atoms with Gasteiger partial charge in [0.05, 0.1) is 56.0 Å². The lowest BCUT2D eigenvalue weighted by Crippen LogP contribution is -2.34. The second-order valence-corrected chi connectivity index (χ2v) is 23.0. The number of benzene rings is 13. The number of hydrogen-bond donors (Lipinski definition) is 0. The molecule has 0 atom stereocenters. The topological polar surface area (TPSA) is 37.7 Å². The largest absolute Gasteiger partial charge is 0.453 e. The number of para-hydroxylation sites is 7. The van der Waals surface area contributed by atoms with Gasteiger partial charge in [0.25, 0.3) is 0 Å². The van der Waals surface area contributed by atoms with Crippen molar-refractivity contribution in [3.63, 3.8) is 0 Å². The van der Waals surface area contributed by atoms with Crippen molar-refractivity contribution < 1.29 is 44.0 Å². The molecule has 2 aliphatic rings. The summed E-state index contributed by atoms with van der Waals surface area (Å²) in [5, 5.41) is 6.61. The lowest BCUT2D eigenvalue weighted by atomic mass is 9.65. The minimum atomic E-state index is -4.74. The molecule has 1 aliphatic heterocycles. The van der Waals surface area contributed by atoms with Gasteiger partial charge in [0.15, 0.2) is 11.2 Å². The first-order valence-corrected chi connectivity index (χ1v) is 29.2. The summed E-state index contributed by atoms with van der Waals surface area (Å²) in [4.78, 5) is 3.89. The van der Waals surface area contributed by atoms with Gasteiger partial charge < -0.3 is 23.2 Å². The number of furan rings is 2. The van der Waals surface area contributed by atoms with Crippen molar-refractivity contribution in [1.29, 1.82) is 0 Å². The number of nitrogens with zero attached hydrogens (tertiary/aromatic N) is 3. The first kappa shape index (κ1) is 52.0. The number of hydrogen-bond acceptors (Lipinski definition) is 4. The summed E-state index contributed by atoms with van der Waals surface area (Å²) in [5.41, 5.74) is 7.78. The highest BCUT2D eigenvalue weighted by molar-refractivity contribution is 6.22. The van der Waals surface area contributed by atoms with E-state index in [9.17, 15) is 26.3 Å². The van der Waals surface area contributed by atoms with Crippen molar-refractivity contribution in [2.45, 2.75) is 17.8 Å². The molecule has 16 aromatic rings. The Kier molecular flexibility index (Phi) is 10.7. The molecule has 0 unspecified atom stereocenters. The van der Waals surface area contributed by atoms with Gasteiger partial charge >= 0.3 is 12.4 Å². The first-order chi connectivity index (χ1) is 43.8. The molecule has 0 radical (unpaired) electrons. The third kappa shape index (κ3) is 7.02. The van der Waals surface area contributed by atoms with Crippen LogP contribution in [0, 0.1) is 11.6 Å². The van der Waals surface area contributed by atoms with E-state index < -0.39 is 40.5 Å². The monoisotopic (exact) mass is 1190 g/mol. The van der Waals surface area contributed by atoms with Crippen LogP contribution in [-0.4, -0.2) is 4.57 Å². The molecule has 0 saturated heterocycles. The molecule has 1 aliphatic carbocycles. The van der Waals surface area contributed by atoms with E-state index in [2.05, 4.69) is 71.3 Å². The van der Waals surface area contributed by atoms with Crippen molar-refractivity contribution in [3.05, 3.63) is 294 Å². The molecule has 0 saturated carbocycles. The van der Waals surface area contributed by atoms with Gasteiger partial charge in [0.2, 0.25) is 0 Å². The van der Waals surface area contributed by atoms with E-state index in [4.69, 9.17) is 8.83 Å². The molecular formula is C77H41F8N3O2. The molecule has 90 heavy (non-hydrogen) atoms. The van der Waals surface area contributed by atoms with Crippen LogP contribution in [-0.2, 0) is 17.8 Å². The Morgan fingerprint density at radius 2 is 0.711 bits per heavy atom. The Hall–Kier alpha value is -11.2. The zero-order chi connectivity index (χ0) is 60.7. The molecule has 4 heterocycles. The Morgan fingerprint density at radius 3 is 1.21 bits per heavy atom. The van der Waals surface area contributed by atoms with Crippen molar-refractivity contribution in [1.82, 2.24) is 4.57 Å². The lowest BCUT2D eigenvalue weighted by Gasteiger charge is -2.40. The van der Waals surface area contributed by atoms with Crippen LogP contribution in [0.4, 0.5) is 69.2 Å². The van der Waals surface area contributed by atoms with Gasteiger partial charge in [-0.3, -0.25) is 0 Å². The molecule has 13 aromatic carbocycles. The molecule has 3 aromatic heterocycles. The Bertz CT molecular complexity index is 5490. The molecule has 432 valence electrons. The van der Waals surface area contributed by atoms with Gasteiger partial charge in [-0.25, -0.2) is 8.78 Å². The van der Waals surface area contributed by atoms with Crippen LogP contribution in [0.25, 0.3) is 104 Å². The van der Waals surface area contributed by atoms with E-state index >= 15 is 8.78 Å².